The van der Waals surface area contributed by atoms with Crippen LogP contribution in [0.15, 0.2) is 47.4 Å². The van der Waals surface area contributed by atoms with Crippen LogP contribution >= 0.6 is 11.6 Å². The maximum Gasteiger partial charge on any atom is 0.244 e. The molecule has 0 saturated heterocycles. The Morgan fingerprint density at radius 3 is 2.61 bits per heavy atom. The molecule has 0 unspecified atom stereocenters. The Kier molecular flexibility index (Phi) is 6.23. The van der Waals surface area contributed by atoms with E-state index in [2.05, 4.69) is 5.32 Å². The van der Waals surface area contributed by atoms with Gasteiger partial charge >= 0.3 is 0 Å². The van der Waals surface area contributed by atoms with Crippen molar-refractivity contribution in [1.29, 1.82) is 0 Å². The van der Waals surface area contributed by atoms with Crippen LogP contribution in [0.2, 0.25) is 5.02 Å². The first-order chi connectivity index (χ1) is 13.3. The summed E-state index contributed by atoms with van der Waals surface area (Å²) in [6, 6.07) is 9.68. The van der Waals surface area contributed by atoms with Crippen molar-refractivity contribution in [2.75, 3.05) is 19.8 Å². The van der Waals surface area contributed by atoms with Crippen molar-refractivity contribution >= 4 is 33.6 Å². The van der Waals surface area contributed by atoms with Crippen molar-refractivity contribution < 1.29 is 22.7 Å². The molecule has 7 nitrogen and oxygen atoms in total. The zero-order valence-electron chi connectivity index (χ0n) is 14.9. The third kappa shape index (κ3) is 5.25. The minimum atomic E-state index is -3.70. The van der Waals surface area contributed by atoms with E-state index < -0.39 is 10.0 Å². The molecule has 1 aliphatic heterocycles. The van der Waals surface area contributed by atoms with E-state index in [-0.39, 0.29) is 10.8 Å². The lowest BCUT2D eigenvalue weighted by Crippen LogP contribution is -2.23. The summed E-state index contributed by atoms with van der Waals surface area (Å²) in [5, 5.41) is 8.26. The van der Waals surface area contributed by atoms with Crippen LogP contribution in [0.4, 0.5) is 0 Å². The fraction of sp³-hybridized carbons (Fsp3) is 0.211. The third-order valence-corrected chi connectivity index (χ3v) is 5.22. The molecule has 1 amide bonds. The lowest BCUT2D eigenvalue weighted by Gasteiger charge is -2.19. The summed E-state index contributed by atoms with van der Waals surface area (Å²) in [7, 11) is -3.70. The van der Waals surface area contributed by atoms with E-state index in [1.165, 1.54) is 18.2 Å². The molecule has 1 aliphatic rings. The van der Waals surface area contributed by atoms with Gasteiger partial charge in [0.15, 0.2) is 11.5 Å². The molecule has 0 bridgehead atoms. The normalized spacial score (nSPS) is 13.5. The predicted octanol–water partition coefficient (Wildman–Crippen LogP) is 2.13. The van der Waals surface area contributed by atoms with E-state index in [9.17, 15) is 13.2 Å². The first kappa shape index (κ1) is 20.2. The second-order valence-corrected chi connectivity index (χ2v) is 8.06. The van der Waals surface area contributed by atoms with E-state index >= 15 is 0 Å². The molecule has 0 aromatic heterocycles. The average Bonchev–Trinajstić information content (AvgIpc) is 2.66. The number of carbonyl (C=O) groups is 1. The van der Waals surface area contributed by atoms with Crippen LogP contribution in [0.25, 0.3) is 6.08 Å². The van der Waals surface area contributed by atoms with Crippen molar-refractivity contribution in [1.82, 2.24) is 5.32 Å². The summed E-state index contributed by atoms with van der Waals surface area (Å²) in [4.78, 5) is 12.0. The van der Waals surface area contributed by atoms with Gasteiger partial charge in [0.2, 0.25) is 15.9 Å². The Morgan fingerprint density at radius 2 is 1.89 bits per heavy atom. The zero-order chi connectivity index (χ0) is 20.1. The molecule has 3 N–H and O–H groups in total. The van der Waals surface area contributed by atoms with Gasteiger partial charge in [0.1, 0.15) is 13.2 Å². The number of sulfonamides is 1. The second kappa shape index (κ2) is 8.64. The van der Waals surface area contributed by atoms with Crippen molar-refractivity contribution in [3.63, 3.8) is 0 Å². The minimum Gasteiger partial charge on any atom is -0.486 e. The van der Waals surface area contributed by atoms with Crippen molar-refractivity contribution in [3.8, 4) is 11.5 Å². The van der Waals surface area contributed by atoms with E-state index in [0.717, 1.165) is 11.1 Å². The highest BCUT2D eigenvalue weighted by molar-refractivity contribution is 7.89. The SMILES string of the molecule is NS(=O)(=O)c1ccc(CCNC(=O)C=Cc2cc(Cl)c3c(c2)OCCO3)cc1. The van der Waals surface area contributed by atoms with Gasteiger partial charge in [-0.25, -0.2) is 13.6 Å². The summed E-state index contributed by atoms with van der Waals surface area (Å²) in [6.45, 7) is 1.31. The lowest BCUT2D eigenvalue weighted by molar-refractivity contribution is -0.116. The van der Waals surface area contributed by atoms with Crippen LogP contribution in [-0.2, 0) is 21.2 Å². The van der Waals surface area contributed by atoms with E-state index in [1.54, 1.807) is 30.3 Å². The highest BCUT2D eigenvalue weighted by Gasteiger charge is 2.16. The molecule has 0 radical (unpaired) electrons. The summed E-state index contributed by atoms with van der Waals surface area (Å²) in [5.74, 6) is 0.817. The molecule has 28 heavy (non-hydrogen) atoms. The molecule has 2 aromatic carbocycles. The third-order valence-electron chi connectivity index (χ3n) is 4.01. The molecule has 148 valence electrons. The van der Waals surface area contributed by atoms with Gasteiger partial charge < -0.3 is 14.8 Å². The van der Waals surface area contributed by atoms with Crippen LogP contribution in [0.3, 0.4) is 0 Å². The molecule has 0 spiro atoms. The lowest BCUT2D eigenvalue weighted by atomic mass is 10.1. The van der Waals surface area contributed by atoms with Gasteiger partial charge in [-0.3, -0.25) is 4.79 Å². The number of ether oxygens (including phenoxy) is 2. The molecular formula is C19H19ClN2O5S. The smallest absolute Gasteiger partial charge is 0.244 e. The zero-order valence-corrected chi connectivity index (χ0v) is 16.4. The Hall–Kier alpha value is -2.55. The Morgan fingerprint density at radius 1 is 1.18 bits per heavy atom. The van der Waals surface area contributed by atoms with E-state index in [4.69, 9.17) is 26.2 Å². The molecule has 0 atom stereocenters. The predicted molar refractivity (Wildman–Crippen MR) is 106 cm³/mol. The fourth-order valence-electron chi connectivity index (χ4n) is 2.63. The largest absolute Gasteiger partial charge is 0.486 e. The summed E-state index contributed by atoms with van der Waals surface area (Å²) >= 11 is 6.17. The molecule has 0 saturated carbocycles. The first-order valence-corrected chi connectivity index (χ1v) is 10.4. The standard InChI is InChI=1S/C19H19ClN2O5S/c20-16-11-14(12-17-19(16)27-10-9-26-17)3-6-18(23)22-8-7-13-1-4-15(5-2-13)28(21,24)25/h1-6,11-12H,7-10H2,(H,22,23)(H2,21,24,25). The number of nitrogens with one attached hydrogen (secondary N) is 1. The van der Waals surface area contributed by atoms with Crippen molar-refractivity contribution in [3.05, 3.63) is 58.6 Å². The Balaban J connectivity index is 1.52. The second-order valence-electron chi connectivity index (χ2n) is 6.09. The highest BCUT2D eigenvalue weighted by atomic mass is 35.5. The average molecular weight is 423 g/mol. The van der Waals surface area contributed by atoms with Gasteiger partial charge in [-0.15, -0.1) is 0 Å². The summed E-state index contributed by atoms with van der Waals surface area (Å²) < 4.78 is 33.4. The highest BCUT2D eigenvalue weighted by Crippen LogP contribution is 2.38. The number of hydrogen-bond acceptors (Lipinski definition) is 5. The summed E-state index contributed by atoms with van der Waals surface area (Å²) in [5.41, 5.74) is 1.61. The number of carbonyl (C=O) groups excluding carboxylic acids is 1. The van der Waals surface area contributed by atoms with Gasteiger partial charge in [-0.05, 0) is 47.9 Å². The molecule has 9 heteroatoms. The van der Waals surface area contributed by atoms with E-state index in [1.807, 2.05) is 0 Å². The molecule has 3 rings (SSSR count). The number of benzene rings is 2. The van der Waals surface area contributed by atoms with Gasteiger partial charge in [0.25, 0.3) is 0 Å². The number of hydrogen-bond donors (Lipinski definition) is 2. The maximum atomic E-state index is 12.0. The van der Waals surface area contributed by atoms with Crippen LogP contribution < -0.4 is 19.9 Å². The number of fused-ring (bicyclic) bond motifs is 1. The number of nitrogens with two attached hydrogens (primary N) is 1. The molecular weight excluding hydrogens is 404 g/mol. The van der Waals surface area contributed by atoms with Crippen molar-refractivity contribution in [2.24, 2.45) is 5.14 Å². The number of primary sulfonamides is 1. The van der Waals surface area contributed by atoms with Gasteiger partial charge in [-0.1, -0.05) is 23.7 Å². The number of amides is 1. The van der Waals surface area contributed by atoms with Crippen LogP contribution in [-0.4, -0.2) is 34.1 Å². The first-order valence-electron chi connectivity index (χ1n) is 8.50. The Labute approximate surface area is 168 Å². The molecule has 0 fully saturated rings. The molecule has 0 aliphatic carbocycles. The van der Waals surface area contributed by atoms with E-state index in [0.29, 0.717) is 42.7 Å². The topological polar surface area (TPSA) is 108 Å². The van der Waals surface area contributed by atoms with Crippen LogP contribution in [0.1, 0.15) is 11.1 Å². The molecule has 1 heterocycles. The summed E-state index contributed by atoms with van der Waals surface area (Å²) in [6.07, 6.45) is 3.60. The van der Waals surface area contributed by atoms with Gasteiger partial charge in [0, 0.05) is 12.6 Å². The van der Waals surface area contributed by atoms with Crippen LogP contribution in [0.5, 0.6) is 11.5 Å². The minimum absolute atomic E-state index is 0.0568. The van der Waals surface area contributed by atoms with Crippen molar-refractivity contribution in [2.45, 2.75) is 11.3 Å². The van der Waals surface area contributed by atoms with Gasteiger partial charge in [0.05, 0.1) is 9.92 Å². The quantitative estimate of drug-likeness (QED) is 0.693. The Bertz CT molecular complexity index is 1000. The number of halogens is 1. The maximum absolute atomic E-state index is 12.0. The molecule has 2 aromatic rings. The monoisotopic (exact) mass is 422 g/mol. The fourth-order valence-corrected chi connectivity index (χ4v) is 3.42. The van der Waals surface area contributed by atoms with Crippen LogP contribution in [0, 0.1) is 0 Å². The number of rotatable bonds is 6. The van der Waals surface area contributed by atoms with Gasteiger partial charge in [-0.2, -0.15) is 0 Å².